The lowest BCUT2D eigenvalue weighted by Crippen LogP contribution is -1.39. The zero-order valence-corrected chi connectivity index (χ0v) is 5.34. The lowest BCUT2D eigenvalue weighted by Gasteiger charge is -1.71. The van der Waals surface area contributed by atoms with Crippen molar-refractivity contribution in [3.63, 3.8) is 0 Å². The van der Waals surface area contributed by atoms with Gasteiger partial charge in [-0.25, -0.2) is 0 Å². The molecule has 6 heavy (non-hydrogen) atoms. The van der Waals surface area contributed by atoms with Crippen LogP contribution in [0.3, 0.4) is 0 Å². The maximum absolute atomic E-state index is 8.17. The molecule has 0 fully saturated rings. The number of isothiocyanates is 1. The van der Waals surface area contributed by atoms with Gasteiger partial charge in [0.15, 0.2) is 7.07 Å². The van der Waals surface area contributed by atoms with E-state index in [1.54, 1.807) is 0 Å². The van der Waals surface area contributed by atoms with Gasteiger partial charge in [0.1, 0.15) is 0 Å². The van der Waals surface area contributed by atoms with Crippen LogP contribution in [0.5, 0.6) is 0 Å². The largest absolute Gasteiger partial charge is 0.350 e. The van der Waals surface area contributed by atoms with Gasteiger partial charge >= 0.3 is 0 Å². The summed E-state index contributed by atoms with van der Waals surface area (Å²) in [5, 5.41) is 1.97. The third kappa shape index (κ3) is 4.41. The summed E-state index contributed by atoms with van der Waals surface area (Å²) in [6.07, 6.45) is 0. The van der Waals surface area contributed by atoms with Crippen LogP contribution in [0.25, 0.3) is 0 Å². The summed E-state index contributed by atoms with van der Waals surface area (Å²) in [6, 6.07) is 0. The van der Waals surface area contributed by atoms with E-state index in [-0.39, 0.29) is 0 Å². The van der Waals surface area contributed by atoms with E-state index in [1.165, 1.54) is 0 Å². The lowest BCUT2D eigenvalue weighted by atomic mass is 11.8. The molecule has 5 heteroatoms. The minimum Gasteiger partial charge on any atom is -0.350 e. The fraction of sp³-hybridized carbons (Fsp3) is 0. The summed E-state index contributed by atoms with van der Waals surface area (Å²) in [6.45, 7) is 0. The molecule has 0 aliphatic rings. The van der Waals surface area contributed by atoms with Crippen LogP contribution in [0, 0.1) is 0 Å². The standard InChI is InChI=1S/CH2NOPS2/c3-4(6)2-1-5/h4H,(H,3,6). The van der Waals surface area contributed by atoms with Crippen molar-refractivity contribution < 1.29 is 4.89 Å². The summed E-state index contributed by atoms with van der Waals surface area (Å²) >= 11 is 8.35. The van der Waals surface area contributed by atoms with Crippen molar-refractivity contribution in [2.45, 2.75) is 0 Å². The first-order chi connectivity index (χ1) is 2.77. The van der Waals surface area contributed by atoms with Crippen LogP contribution in [0.15, 0.2) is 4.76 Å². The van der Waals surface area contributed by atoms with Crippen LogP contribution in [0.4, 0.5) is 0 Å². The molecule has 0 aromatic rings. The minimum atomic E-state index is -1.89. The molecule has 0 amide bonds. The normalized spacial score (nSPS) is 12.2. The predicted molar refractivity (Wildman–Crippen MR) is 32.9 cm³/mol. The van der Waals surface area contributed by atoms with Crippen molar-refractivity contribution in [3.8, 4) is 0 Å². The van der Waals surface area contributed by atoms with Crippen molar-refractivity contribution >= 4 is 36.3 Å². The van der Waals surface area contributed by atoms with E-state index in [0.29, 0.717) is 0 Å². The number of nitrogens with zero attached hydrogens (tertiary/aromatic N) is 1. The van der Waals surface area contributed by atoms with Gasteiger partial charge in [0.25, 0.3) is 0 Å². The van der Waals surface area contributed by atoms with Crippen LogP contribution in [0.2, 0.25) is 0 Å². The van der Waals surface area contributed by atoms with Crippen molar-refractivity contribution in [1.29, 1.82) is 0 Å². The Kier molecular flexibility index (Phi) is 3.84. The summed E-state index contributed by atoms with van der Waals surface area (Å²) < 4.78 is 3.16. The highest BCUT2D eigenvalue weighted by atomic mass is 32.4. The van der Waals surface area contributed by atoms with Gasteiger partial charge in [0.05, 0.1) is 5.16 Å². The van der Waals surface area contributed by atoms with Crippen molar-refractivity contribution in [2.24, 2.45) is 4.76 Å². The Hall–Kier alpha value is 0.410. The van der Waals surface area contributed by atoms with E-state index in [2.05, 4.69) is 28.8 Å². The first-order valence-corrected chi connectivity index (χ1v) is 4.01. The summed E-state index contributed by atoms with van der Waals surface area (Å²) in [7, 11) is -1.89. The Labute approximate surface area is 46.5 Å². The third-order valence-corrected chi connectivity index (χ3v) is 0.972. The first-order valence-electron chi connectivity index (χ1n) is 1.08. The van der Waals surface area contributed by atoms with E-state index in [4.69, 9.17) is 4.89 Å². The molecule has 34 valence electrons. The summed E-state index contributed by atoms with van der Waals surface area (Å²) in [4.78, 5) is 8.17. The van der Waals surface area contributed by atoms with E-state index in [0.717, 1.165) is 0 Å². The zero-order chi connectivity index (χ0) is 4.99. The SMILES string of the molecule is O[PH](=S)N=C=S. The number of hydrogen-bond acceptors (Lipinski definition) is 2. The number of rotatable bonds is 1. The Bertz CT molecular complexity index is 106. The van der Waals surface area contributed by atoms with Gasteiger partial charge in [-0.15, -0.1) is 0 Å². The van der Waals surface area contributed by atoms with E-state index < -0.39 is 7.07 Å². The predicted octanol–water partition coefficient (Wildman–Crippen LogP) is 0.588. The van der Waals surface area contributed by atoms with Gasteiger partial charge in [-0.3, -0.25) is 0 Å². The highest BCUT2D eigenvalue weighted by Gasteiger charge is 1.66. The van der Waals surface area contributed by atoms with Gasteiger partial charge in [0.2, 0.25) is 0 Å². The van der Waals surface area contributed by atoms with Gasteiger partial charge in [-0.2, -0.15) is 4.76 Å². The van der Waals surface area contributed by atoms with Crippen LogP contribution < -0.4 is 0 Å². The Balaban J connectivity index is 3.60. The topological polar surface area (TPSA) is 32.6 Å². The molecule has 0 radical (unpaired) electrons. The molecule has 0 aliphatic carbocycles. The maximum Gasteiger partial charge on any atom is 0.169 e. The van der Waals surface area contributed by atoms with Crippen molar-refractivity contribution in [2.75, 3.05) is 0 Å². The van der Waals surface area contributed by atoms with Gasteiger partial charge < -0.3 is 4.89 Å². The molecular weight excluding hydrogens is 137 g/mol. The third-order valence-electron chi connectivity index (χ3n) is 0.141. The van der Waals surface area contributed by atoms with Crippen LogP contribution in [0.1, 0.15) is 0 Å². The second kappa shape index (κ2) is 3.59. The summed E-state index contributed by atoms with van der Waals surface area (Å²) in [5.74, 6) is 0. The monoisotopic (exact) mass is 139 g/mol. The molecule has 0 spiro atoms. The second-order valence-electron chi connectivity index (χ2n) is 0.486. The fourth-order valence-electron chi connectivity index (χ4n) is 0.0390. The molecule has 0 heterocycles. The second-order valence-corrected chi connectivity index (χ2v) is 2.55. The fourth-order valence-corrected chi connectivity index (χ4v) is 0.687. The molecule has 0 bridgehead atoms. The van der Waals surface area contributed by atoms with Crippen molar-refractivity contribution in [3.05, 3.63) is 0 Å². The molecule has 1 unspecified atom stereocenters. The highest BCUT2D eigenvalue weighted by Crippen LogP contribution is 2.11. The average Bonchev–Trinajstić information content (AvgIpc) is 1.35. The molecule has 0 rings (SSSR count). The molecule has 0 aliphatic heterocycles. The smallest absolute Gasteiger partial charge is 0.169 e. The van der Waals surface area contributed by atoms with E-state index in [1.807, 2.05) is 5.16 Å². The van der Waals surface area contributed by atoms with Crippen molar-refractivity contribution in [1.82, 2.24) is 0 Å². The van der Waals surface area contributed by atoms with Gasteiger partial charge in [-0.05, 0) is 24.0 Å². The Morgan fingerprint density at radius 2 is 2.33 bits per heavy atom. The molecule has 0 aromatic carbocycles. The van der Waals surface area contributed by atoms with E-state index in [9.17, 15) is 0 Å². The number of hydrogen-bond donors (Lipinski definition) is 1. The van der Waals surface area contributed by atoms with Crippen LogP contribution >= 0.6 is 19.3 Å². The molecule has 2 nitrogen and oxygen atoms in total. The molecule has 1 atom stereocenters. The molecule has 1 N–H and O–H groups in total. The molecule has 0 aromatic heterocycles. The van der Waals surface area contributed by atoms with Crippen LogP contribution in [-0.4, -0.2) is 10.1 Å². The molecule has 0 saturated heterocycles. The highest BCUT2D eigenvalue weighted by molar-refractivity contribution is 8.02. The minimum absolute atomic E-state index is 1.89. The summed E-state index contributed by atoms with van der Waals surface area (Å²) in [5.41, 5.74) is 0. The first kappa shape index (κ1) is 6.41. The maximum atomic E-state index is 8.17. The number of thiocarbonyl (C=S) groups is 1. The van der Waals surface area contributed by atoms with Crippen LogP contribution in [-0.2, 0) is 11.8 Å². The molecular formula is CH2NOPS2. The van der Waals surface area contributed by atoms with Gasteiger partial charge in [-0.1, -0.05) is 0 Å². The van der Waals surface area contributed by atoms with Gasteiger partial charge in [0, 0.05) is 0 Å². The lowest BCUT2D eigenvalue weighted by molar-refractivity contribution is 0.645. The van der Waals surface area contributed by atoms with E-state index >= 15 is 0 Å². The quantitative estimate of drug-likeness (QED) is 0.328. The average molecular weight is 139 g/mol. The Morgan fingerprint density at radius 1 is 1.83 bits per heavy atom. The Morgan fingerprint density at radius 3 is 2.33 bits per heavy atom. The zero-order valence-electron chi connectivity index (χ0n) is 2.71. The molecule has 0 saturated carbocycles.